The second kappa shape index (κ2) is 9.36. The number of fused-ring (bicyclic) bond motifs is 2. The summed E-state index contributed by atoms with van der Waals surface area (Å²) in [6, 6.07) is 11.5. The Bertz CT molecular complexity index is 1330. The van der Waals surface area contributed by atoms with Crippen LogP contribution in [0.2, 0.25) is 0 Å². The predicted octanol–water partition coefficient (Wildman–Crippen LogP) is 5.03. The molecule has 0 radical (unpaired) electrons. The van der Waals surface area contributed by atoms with E-state index in [9.17, 15) is 9.59 Å². The van der Waals surface area contributed by atoms with Crippen molar-refractivity contribution in [3.8, 4) is 0 Å². The molecule has 2 aromatic carbocycles. The minimum atomic E-state index is -0.356. The highest BCUT2D eigenvalue weighted by atomic mass is 32.2. The molecular formula is C24H21N3O4S2. The standard InChI is InChI=1S/C24H21N3O4S2/c1-30-22(29)15-7-5-14(6-8-15)13-32-24-27-26-23(33-24)25-21(28)11-18-12-31-20-10-17-4-2-3-16(17)9-19(18)20/h5-10,12H,2-4,11,13H2,1H3,(H,25,26,28). The Kier molecular flexibility index (Phi) is 6.15. The van der Waals surface area contributed by atoms with E-state index in [0.717, 1.165) is 39.3 Å². The summed E-state index contributed by atoms with van der Waals surface area (Å²) < 4.78 is 11.2. The molecule has 33 heavy (non-hydrogen) atoms. The van der Waals surface area contributed by atoms with Crippen molar-refractivity contribution in [1.29, 1.82) is 0 Å². The number of benzene rings is 2. The Morgan fingerprint density at radius 1 is 1.15 bits per heavy atom. The number of carbonyl (C=O) groups is 2. The Morgan fingerprint density at radius 3 is 2.73 bits per heavy atom. The van der Waals surface area contributed by atoms with Crippen molar-refractivity contribution in [3.05, 3.63) is 70.5 Å². The van der Waals surface area contributed by atoms with Crippen molar-refractivity contribution >= 4 is 51.1 Å². The lowest BCUT2D eigenvalue weighted by atomic mass is 10.0. The van der Waals surface area contributed by atoms with Crippen molar-refractivity contribution in [2.24, 2.45) is 0 Å². The SMILES string of the molecule is COC(=O)c1ccc(CSc2nnc(NC(=O)Cc3coc4cc5c(cc34)CCC5)s2)cc1. The molecule has 0 atom stereocenters. The number of nitrogens with zero attached hydrogens (tertiary/aromatic N) is 2. The van der Waals surface area contributed by atoms with Gasteiger partial charge in [0, 0.05) is 16.7 Å². The van der Waals surface area contributed by atoms with Gasteiger partial charge in [0.05, 0.1) is 25.4 Å². The topological polar surface area (TPSA) is 94.3 Å². The van der Waals surface area contributed by atoms with Gasteiger partial charge < -0.3 is 14.5 Å². The molecule has 0 unspecified atom stereocenters. The van der Waals surface area contributed by atoms with Crippen LogP contribution in [0.25, 0.3) is 11.0 Å². The zero-order valence-electron chi connectivity index (χ0n) is 17.9. The summed E-state index contributed by atoms with van der Waals surface area (Å²) >= 11 is 2.86. The number of carbonyl (C=O) groups excluding carboxylic acids is 2. The number of esters is 1. The van der Waals surface area contributed by atoms with E-state index in [2.05, 4.69) is 27.6 Å². The third kappa shape index (κ3) is 4.79. The number of aromatic nitrogens is 2. The van der Waals surface area contributed by atoms with E-state index in [0.29, 0.717) is 16.4 Å². The fourth-order valence-corrected chi connectivity index (χ4v) is 5.66. The van der Waals surface area contributed by atoms with Gasteiger partial charge in [0.15, 0.2) is 4.34 Å². The number of rotatable bonds is 7. The maximum atomic E-state index is 12.6. The van der Waals surface area contributed by atoms with Crippen LogP contribution in [0.5, 0.6) is 0 Å². The Morgan fingerprint density at radius 2 is 1.94 bits per heavy atom. The number of amides is 1. The van der Waals surface area contributed by atoms with Crippen LogP contribution < -0.4 is 5.32 Å². The van der Waals surface area contributed by atoms with Crippen LogP contribution in [0, 0.1) is 0 Å². The van der Waals surface area contributed by atoms with Crippen molar-refractivity contribution in [3.63, 3.8) is 0 Å². The van der Waals surface area contributed by atoms with E-state index in [1.807, 2.05) is 12.1 Å². The molecule has 2 heterocycles. The monoisotopic (exact) mass is 479 g/mol. The molecule has 0 aliphatic heterocycles. The van der Waals surface area contributed by atoms with E-state index in [1.54, 1.807) is 18.4 Å². The minimum Gasteiger partial charge on any atom is -0.465 e. The number of thioether (sulfide) groups is 1. The van der Waals surface area contributed by atoms with Gasteiger partial charge in [0.1, 0.15) is 5.58 Å². The molecule has 7 nitrogen and oxygen atoms in total. The summed E-state index contributed by atoms with van der Waals surface area (Å²) in [5.74, 6) is 0.172. The van der Waals surface area contributed by atoms with Crippen molar-refractivity contribution in [2.75, 3.05) is 12.4 Å². The smallest absolute Gasteiger partial charge is 0.337 e. The number of hydrogen-bond acceptors (Lipinski definition) is 8. The van der Waals surface area contributed by atoms with Gasteiger partial charge in [0.2, 0.25) is 11.0 Å². The molecule has 2 aromatic heterocycles. The van der Waals surface area contributed by atoms with Gasteiger partial charge in [-0.2, -0.15) is 0 Å². The van der Waals surface area contributed by atoms with E-state index < -0.39 is 0 Å². The van der Waals surface area contributed by atoms with Crippen LogP contribution in [0.1, 0.15) is 39.0 Å². The summed E-state index contributed by atoms with van der Waals surface area (Å²) in [6.07, 6.45) is 5.25. The predicted molar refractivity (Wildman–Crippen MR) is 128 cm³/mol. The first kappa shape index (κ1) is 21.7. The van der Waals surface area contributed by atoms with Crippen LogP contribution in [0.4, 0.5) is 5.13 Å². The van der Waals surface area contributed by atoms with Gasteiger partial charge in [0.25, 0.3) is 0 Å². The molecule has 0 bridgehead atoms. The Labute approximate surface area is 198 Å². The van der Waals surface area contributed by atoms with Gasteiger partial charge in [-0.05, 0) is 60.2 Å². The number of aryl methyl sites for hydroxylation is 2. The Balaban J connectivity index is 1.17. The lowest BCUT2D eigenvalue weighted by Crippen LogP contribution is -2.14. The minimum absolute atomic E-state index is 0.149. The van der Waals surface area contributed by atoms with Crippen molar-refractivity contribution in [2.45, 2.75) is 35.8 Å². The van der Waals surface area contributed by atoms with Crippen LogP contribution in [-0.2, 0) is 34.5 Å². The molecule has 0 spiro atoms. The van der Waals surface area contributed by atoms with Crippen molar-refractivity contribution in [1.82, 2.24) is 10.2 Å². The number of nitrogens with one attached hydrogen (secondary N) is 1. The van der Waals surface area contributed by atoms with Crippen LogP contribution in [0.3, 0.4) is 0 Å². The van der Waals surface area contributed by atoms with Crippen LogP contribution >= 0.6 is 23.1 Å². The fraction of sp³-hybridized carbons (Fsp3) is 0.250. The molecule has 0 saturated heterocycles. The molecule has 1 amide bonds. The summed E-state index contributed by atoms with van der Waals surface area (Å²) in [5, 5.41) is 12.6. The summed E-state index contributed by atoms with van der Waals surface area (Å²) in [7, 11) is 1.36. The first-order chi connectivity index (χ1) is 16.1. The molecule has 4 aromatic rings. The maximum absolute atomic E-state index is 12.6. The second-order valence-corrected chi connectivity index (χ2v) is 10.0. The third-order valence-electron chi connectivity index (χ3n) is 5.61. The Hall–Kier alpha value is -3.17. The average Bonchev–Trinajstić information content (AvgIpc) is 3.56. The molecule has 9 heteroatoms. The van der Waals surface area contributed by atoms with E-state index >= 15 is 0 Å². The van der Waals surface area contributed by atoms with Gasteiger partial charge >= 0.3 is 5.97 Å². The van der Waals surface area contributed by atoms with Crippen molar-refractivity contribution < 1.29 is 18.7 Å². The van der Waals surface area contributed by atoms with E-state index in [-0.39, 0.29) is 18.3 Å². The average molecular weight is 480 g/mol. The zero-order valence-corrected chi connectivity index (χ0v) is 19.6. The summed E-state index contributed by atoms with van der Waals surface area (Å²) in [4.78, 5) is 24.1. The highest BCUT2D eigenvalue weighted by Gasteiger charge is 2.17. The molecule has 1 aliphatic carbocycles. The maximum Gasteiger partial charge on any atom is 0.337 e. The highest BCUT2D eigenvalue weighted by molar-refractivity contribution is 8.00. The highest BCUT2D eigenvalue weighted by Crippen LogP contribution is 2.31. The second-order valence-electron chi connectivity index (χ2n) is 7.81. The lowest BCUT2D eigenvalue weighted by Gasteiger charge is -2.02. The number of hydrogen-bond donors (Lipinski definition) is 1. The number of furan rings is 1. The van der Waals surface area contributed by atoms with Gasteiger partial charge in [-0.3, -0.25) is 4.79 Å². The number of methoxy groups -OCH3 is 1. The zero-order chi connectivity index (χ0) is 22.8. The third-order valence-corrected chi connectivity index (χ3v) is 7.65. The molecular weight excluding hydrogens is 458 g/mol. The van der Waals surface area contributed by atoms with Gasteiger partial charge in [-0.15, -0.1) is 10.2 Å². The number of ether oxygens (including phenoxy) is 1. The quantitative estimate of drug-likeness (QED) is 0.226. The lowest BCUT2D eigenvalue weighted by molar-refractivity contribution is -0.115. The van der Waals surface area contributed by atoms with Gasteiger partial charge in [-0.1, -0.05) is 35.2 Å². The largest absolute Gasteiger partial charge is 0.465 e. The van der Waals surface area contributed by atoms with Crippen LogP contribution in [0.15, 0.2) is 51.4 Å². The van der Waals surface area contributed by atoms with Crippen LogP contribution in [-0.4, -0.2) is 29.2 Å². The summed E-state index contributed by atoms with van der Waals surface area (Å²) in [6.45, 7) is 0. The molecule has 5 rings (SSSR count). The molecule has 0 saturated carbocycles. The van der Waals surface area contributed by atoms with E-state index in [4.69, 9.17) is 9.15 Å². The first-order valence-electron chi connectivity index (χ1n) is 10.5. The number of anilines is 1. The van der Waals surface area contributed by atoms with Gasteiger partial charge in [-0.25, -0.2) is 4.79 Å². The molecule has 168 valence electrons. The fourth-order valence-electron chi connectivity index (χ4n) is 3.94. The molecule has 0 fully saturated rings. The summed E-state index contributed by atoms with van der Waals surface area (Å²) in [5.41, 5.74) is 6.00. The van der Waals surface area contributed by atoms with E-state index in [1.165, 1.54) is 47.8 Å². The molecule has 1 N–H and O–H groups in total. The molecule has 1 aliphatic rings. The normalized spacial score (nSPS) is 12.6. The first-order valence-corrected chi connectivity index (χ1v) is 12.3.